The first-order valence-corrected chi connectivity index (χ1v) is 8.75. The molecule has 23 heavy (non-hydrogen) atoms. The number of hydrogen-bond acceptors (Lipinski definition) is 2. The molecule has 2 amide bonds. The predicted octanol–water partition coefficient (Wildman–Crippen LogP) is 3.56. The Bertz CT molecular complexity index is 487. The highest BCUT2D eigenvalue weighted by molar-refractivity contribution is 5.74. The number of nitrogens with one attached hydrogen (secondary N) is 2. The number of likely N-dealkylation sites (tertiary alicyclic amines) is 1. The van der Waals surface area contributed by atoms with Crippen molar-refractivity contribution in [3.05, 3.63) is 35.9 Å². The minimum atomic E-state index is 0.0707. The number of urea groups is 1. The number of carbonyl (C=O) groups excluding carboxylic acids is 1. The average Bonchev–Trinajstić information content (AvgIpc) is 2.53. The number of amides is 2. The first-order chi connectivity index (χ1) is 10.9. The summed E-state index contributed by atoms with van der Waals surface area (Å²) in [7, 11) is 0. The quantitative estimate of drug-likeness (QED) is 0.892. The first kappa shape index (κ1) is 17.8. The van der Waals surface area contributed by atoms with Gasteiger partial charge in [0.1, 0.15) is 0 Å². The zero-order chi connectivity index (χ0) is 16.9. The van der Waals surface area contributed by atoms with E-state index in [0.29, 0.717) is 18.6 Å². The second-order valence-corrected chi connectivity index (χ2v) is 7.47. The lowest BCUT2D eigenvalue weighted by Gasteiger charge is -2.39. The summed E-state index contributed by atoms with van der Waals surface area (Å²) in [5, 5.41) is 6.73. The summed E-state index contributed by atoms with van der Waals surface area (Å²) in [5.41, 5.74) is 1.49. The van der Waals surface area contributed by atoms with Gasteiger partial charge in [0, 0.05) is 31.7 Å². The summed E-state index contributed by atoms with van der Waals surface area (Å²) in [4.78, 5) is 13.8. The Labute approximate surface area is 140 Å². The van der Waals surface area contributed by atoms with E-state index in [-0.39, 0.29) is 11.4 Å². The standard InChI is InChI=1S/C19H31N3O/c1-5-20-18(23)22-13-11-16(12-14-22)21-17(19(2,3)4)15-9-7-6-8-10-15/h6-10,16-17,21H,5,11-14H2,1-4H3,(H,20,23). The largest absolute Gasteiger partial charge is 0.338 e. The van der Waals surface area contributed by atoms with Gasteiger partial charge in [-0.2, -0.15) is 0 Å². The zero-order valence-corrected chi connectivity index (χ0v) is 14.9. The van der Waals surface area contributed by atoms with E-state index in [1.165, 1.54) is 5.56 Å². The molecule has 0 saturated carbocycles. The average molecular weight is 317 g/mol. The van der Waals surface area contributed by atoms with Crippen LogP contribution in [0.2, 0.25) is 0 Å². The fraction of sp³-hybridized carbons (Fsp3) is 0.632. The lowest BCUT2D eigenvalue weighted by Crippen LogP contribution is -2.50. The Morgan fingerprint density at radius 3 is 2.35 bits per heavy atom. The lowest BCUT2D eigenvalue weighted by atomic mass is 9.81. The fourth-order valence-corrected chi connectivity index (χ4v) is 3.24. The number of benzene rings is 1. The molecule has 1 aliphatic rings. The number of piperidine rings is 1. The van der Waals surface area contributed by atoms with Gasteiger partial charge in [-0.15, -0.1) is 0 Å². The third-order valence-corrected chi connectivity index (χ3v) is 4.51. The van der Waals surface area contributed by atoms with Crippen molar-refractivity contribution in [2.24, 2.45) is 5.41 Å². The summed E-state index contributed by atoms with van der Waals surface area (Å²) in [5.74, 6) is 0. The van der Waals surface area contributed by atoms with Gasteiger partial charge >= 0.3 is 6.03 Å². The minimum absolute atomic E-state index is 0.0707. The van der Waals surface area contributed by atoms with Gasteiger partial charge < -0.3 is 15.5 Å². The smallest absolute Gasteiger partial charge is 0.317 e. The highest BCUT2D eigenvalue weighted by atomic mass is 16.2. The van der Waals surface area contributed by atoms with Crippen molar-refractivity contribution in [2.45, 2.75) is 52.6 Å². The van der Waals surface area contributed by atoms with E-state index in [1.807, 2.05) is 11.8 Å². The minimum Gasteiger partial charge on any atom is -0.338 e. The van der Waals surface area contributed by atoms with E-state index in [4.69, 9.17) is 0 Å². The van der Waals surface area contributed by atoms with Gasteiger partial charge in [0.2, 0.25) is 0 Å². The van der Waals surface area contributed by atoms with Crippen LogP contribution in [0, 0.1) is 5.41 Å². The maximum atomic E-state index is 11.9. The molecule has 1 atom stereocenters. The Hall–Kier alpha value is -1.55. The molecule has 2 rings (SSSR count). The van der Waals surface area contributed by atoms with E-state index < -0.39 is 0 Å². The third kappa shape index (κ3) is 4.96. The Morgan fingerprint density at radius 2 is 1.83 bits per heavy atom. The summed E-state index contributed by atoms with van der Waals surface area (Å²) in [6, 6.07) is 11.5. The first-order valence-electron chi connectivity index (χ1n) is 8.75. The second kappa shape index (κ2) is 7.82. The molecule has 0 aromatic heterocycles. The molecule has 2 N–H and O–H groups in total. The summed E-state index contributed by atoms with van der Waals surface area (Å²) in [6.07, 6.45) is 2.02. The van der Waals surface area contributed by atoms with Gasteiger partial charge in [-0.1, -0.05) is 51.1 Å². The van der Waals surface area contributed by atoms with Crippen LogP contribution in [-0.4, -0.2) is 36.6 Å². The molecule has 1 unspecified atom stereocenters. The normalized spacial score (nSPS) is 17.8. The van der Waals surface area contributed by atoms with Gasteiger partial charge in [-0.3, -0.25) is 0 Å². The maximum Gasteiger partial charge on any atom is 0.317 e. The van der Waals surface area contributed by atoms with Gasteiger partial charge in [-0.25, -0.2) is 4.79 Å². The van der Waals surface area contributed by atoms with E-state index in [9.17, 15) is 4.79 Å². The topological polar surface area (TPSA) is 44.4 Å². The van der Waals surface area contributed by atoms with Crippen molar-refractivity contribution in [2.75, 3.05) is 19.6 Å². The monoisotopic (exact) mass is 317 g/mol. The molecule has 4 nitrogen and oxygen atoms in total. The van der Waals surface area contributed by atoms with Crippen LogP contribution in [0.15, 0.2) is 30.3 Å². The van der Waals surface area contributed by atoms with Crippen LogP contribution in [0.3, 0.4) is 0 Å². The maximum absolute atomic E-state index is 11.9. The molecule has 1 fully saturated rings. The van der Waals surface area contributed by atoms with Crippen molar-refractivity contribution in [1.82, 2.24) is 15.5 Å². The molecular formula is C19H31N3O. The summed E-state index contributed by atoms with van der Waals surface area (Å²) < 4.78 is 0. The molecule has 1 saturated heterocycles. The second-order valence-electron chi connectivity index (χ2n) is 7.47. The number of rotatable bonds is 4. The number of nitrogens with zero attached hydrogens (tertiary/aromatic N) is 1. The molecule has 1 heterocycles. The van der Waals surface area contributed by atoms with E-state index in [0.717, 1.165) is 25.9 Å². The number of carbonyl (C=O) groups is 1. The van der Waals surface area contributed by atoms with Crippen LogP contribution in [0.5, 0.6) is 0 Å². The van der Waals surface area contributed by atoms with E-state index >= 15 is 0 Å². The predicted molar refractivity (Wildman–Crippen MR) is 95.4 cm³/mol. The Balaban J connectivity index is 1.96. The Kier molecular flexibility index (Phi) is 6.05. The van der Waals surface area contributed by atoms with Crippen LogP contribution in [0.1, 0.15) is 52.1 Å². The lowest BCUT2D eigenvalue weighted by molar-refractivity contribution is 0.163. The van der Waals surface area contributed by atoms with Crippen LogP contribution in [0.4, 0.5) is 4.79 Å². The molecule has 1 aromatic rings. The summed E-state index contributed by atoms with van der Waals surface area (Å²) >= 11 is 0. The van der Waals surface area contributed by atoms with Crippen LogP contribution < -0.4 is 10.6 Å². The van der Waals surface area contributed by atoms with Crippen LogP contribution in [-0.2, 0) is 0 Å². The highest BCUT2D eigenvalue weighted by Gasteiger charge is 2.30. The van der Waals surface area contributed by atoms with Crippen molar-refractivity contribution in [3.63, 3.8) is 0 Å². The van der Waals surface area contributed by atoms with Gasteiger partial charge in [0.05, 0.1) is 0 Å². The molecule has 0 spiro atoms. The van der Waals surface area contributed by atoms with Gasteiger partial charge in [0.25, 0.3) is 0 Å². The van der Waals surface area contributed by atoms with Crippen molar-refractivity contribution < 1.29 is 4.79 Å². The molecule has 128 valence electrons. The molecule has 4 heteroatoms. The molecule has 0 bridgehead atoms. The Morgan fingerprint density at radius 1 is 1.22 bits per heavy atom. The van der Waals surface area contributed by atoms with Gasteiger partial charge in [-0.05, 0) is 30.7 Å². The van der Waals surface area contributed by atoms with Crippen LogP contribution >= 0.6 is 0 Å². The van der Waals surface area contributed by atoms with Crippen molar-refractivity contribution in [1.29, 1.82) is 0 Å². The van der Waals surface area contributed by atoms with Crippen LogP contribution in [0.25, 0.3) is 0 Å². The molecule has 0 radical (unpaired) electrons. The fourth-order valence-electron chi connectivity index (χ4n) is 3.24. The molecular weight excluding hydrogens is 286 g/mol. The van der Waals surface area contributed by atoms with Crippen molar-refractivity contribution in [3.8, 4) is 0 Å². The van der Waals surface area contributed by atoms with Gasteiger partial charge in [0.15, 0.2) is 0 Å². The molecule has 1 aliphatic heterocycles. The van der Waals surface area contributed by atoms with Crippen molar-refractivity contribution >= 4 is 6.03 Å². The number of hydrogen-bond donors (Lipinski definition) is 2. The molecule has 1 aromatic carbocycles. The van der Waals surface area contributed by atoms with E-state index in [1.54, 1.807) is 0 Å². The third-order valence-electron chi connectivity index (χ3n) is 4.51. The highest BCUT2D eigenvalue weighted by Crippen LogP contribution is 2.33. The SMILES string of the molecule is CCNC(=O)N1CCC(NC(c2ccccc2)C(C)(C)C)CC1. The zero-order valence-electron chi connectivity index (χ0n) is 14.9. The molecule has 0 aliphatic carbocycles. The van der Waals surface area contributed by atoms with E-state index in [2.05, 4.69) is 61.7 Å². The summed E-state index contributed by atoms with van der Waals surface area (Å²) in [6.45, 7) is 11.1.